The molecule has 0 aromatic heterocycles. The highest BCUT2D eigenvalue weighted by molar-refractivity contribution is 5.94. The average molecular weight is 251 g/mol. The van der Waals surface area contributed by atoms with E-state index in [1.54, 1.807) is 6.92 Å². The van der Waals surface area contributed by atoms with E-state index in [4.69, 9.17) is 0 Å². The summed E-state index contributed by atoms with van der Waals surface area (Å²) in [6.45, 7) is 3.60. The van der Waals surface area contributed by atoms with Gasteiger partial charge in [-0.2, -0.15) is 0 Å². The molecule has 19 heavy (non-hydrogen) atoms. The van der Waals surface area contributed by atoms with E-state index < -0.39 is 0 Å². The van der Waals surface area contributed by atoms with Crippen molar-refractivity contribution < 1.29 is 4.79 Å². The molecule has 0 saturated heterocycles. The third-order valence-electron chi connectivity index (χ3n) is 3.77. The summed E-state index contributed by atoms with van der Waals surface area (Å²) in [6.07, 6.45) is 1.09. The Morgan fingerprint density at radius 2 is 1.68 bits per heavy atom. The molecule has 0 amide bonds. The molecule has 0 spiro atoms. The minimum Gasteiger partial charge on any atom is -0.367 e. The van der Waals surface area contributed by atoms with Gasteiger partial charge in [-0.25, -0.2) is 0 Å². The van der Waals surface area contributed by atoms with Crippen LogP contribution in [0.3, 0.4) is 0 Å². The third-order valence-corrected chi connectivity index (χ3v) is 3.77. The van der Waals surface area contributed by atoms with E-state index in [1.165, 1.54) is 16.8 Å². The maximum absolute atomic E-state index is 11.3. The van der Waals surface area contributed by atoms with Crippen LogP contribution in [0.1, 0.15) is 28.4 Å². The maximum atomic E-state index is 11.3. The average Bonchev–Trinajstić information content (AvgIpc) is 2.47. The zero-order chi connectivity index (χ0) is 13.2. The Labute approximate surface area is 113 Å². The number of anilines is 1. The lowest BCUT2D eigenvalue weighted by atomic mass is 9.99. The first-order valence-electron chi connectivity index (χ1n) is 6.67. The SMILES string of the molecule is CC(=O)c1ccc(N2CCc3ccccc3C2)cc1. The van der Waals surface area contributed by atoms with Gasteiger partial charge < -0.3 is 4.90 Å². The number of benzene rings is 2. The lowest BCUT2D eigenvalue weighted by Gasteiger charge is -2.30. The monoisotopic (exact) mass is 251 g/mol. The first kappa shape index (κ1) is 12.0. The lowest BCUT2D eigenvalue weighted by molar-refractivity contribution is 0.101. The van der Waals surface area contributed by atoms with Crippen molar-refractivity contribution in [3.8, 4) is 0 Å². The number of nitrogens with zero attached hydrogens (tertiary/aromatic N) is 1. The number of hydrogen-bond acceptors (Lipinski definition) is 2. The Balaban J connectivity index is 1.83. The molecular weight excluding hydrogens is 234 g/mol. The normalized spacial score (nSPS) is 14.1. The van der Waals surface area contributed by atoms with Gasteiger partial charge in [0, 0.05) is 24.3 Å². The number of fused-ring (bicyclic) bond motifs is 1. The van der Waals surface area contributed by atoms with E-state index in [2.05, 4.69) is 29.2 Å². The molecule has 0 radical (unpaired) electrons. The summed E-state index contributed by atoms with van der Waals surface area (Å²) in [5.74, 6) is 0.121. The number of carbonyl (C=O) groups is 1. The first-order chi connectivity index (χ1) is 9.24. The van der Waals surface area contributed by atoms with Gasteiger partial charge in [0.1, 0.15) is 0 Å². The Bertz CT molecular complexity index is 601. The van der Waals surface area contributed by atoms with Gasteiger partial charge in [0.2, 0.25) is 0 Å². The van der Waals surface area contributed by atoms with Crippen LogP contribution in [-0.4, -0.2) is 12.3 Å². The quantitative estimate of drug-likeness (QED) is 0.762. The van der Waals surface area contributed by atoms with E-state index in [0.717, 1.165) is 25.1 Å². The topological polar surface area (TPSA) is 20.3 Å². The van der Waals surface area contributed by atoms with Crippen LogP contribution in [0.15, 0.2) is 48.5 Å². The maximum Gasteiger partial charge on any atom is 0.159 e. The number of Topliss-reactive ketones (excluding diaryl/α,β-unsaturated/α-hetero) is 1. The van der Waals surface area contributed by atoms with Crippen molar-refractivity contribution in [1.82, 2.24) is 0 Å². The molecule has 3 rings (SSSR count). The lowest BCUT2D eigenvalue weighted by Crippen LogP contribution is -2.30. The van der Waals surface area contributed by atoms with Crippen molar-refractivity contribution in [3.63, 3.8) is 0 Å². The van der Waals surface area contributed by atoms with E-state index in [1.807, 2.05) is 24.3 Å². The summed E-state index contributed by atoms with van der Waals surface area (Å²) >= 11 is 0. The van der Waals surface area contributed by atoms with Crippen molar-refractivity contribution in [2.45, 2.75) is 19.9 Å². The fourth-order valence-electron chi connectivity index (χ4n) is 2.62. The molecule has 0 bridgehead atoms. The van der Waals surface area contributed by atoms with Crippen LogP contribution < -0.4 is 4.90 Å². The molecule has 2 heteroatoms. The Kier molecular flexibility index (Phi) is 3.08. The molecule has 0 atom stereocenters. The molecule has 1 aliphatic heterocycles. The standard InChI is InChI=1S/C17H17NO/c1-13(19)14-6-8-17(9-7-14)18-11-10-15-4-2-3-5-16(15)12-18/h2-9H,10-12H2,1H3. The van der Waals surface area contributed by atoms with E-state index in [9.17, 15) is 4.79 Å². The summed E-state index contributed by atoms with van der Waals surface area (Å²) in [7, 11) is 0. The van der Waals surface area contributed by atoms with Gasteiger partial charge in [0.15, 0.2) is 5.78 Å². The molecule has 1 heterocycles. The zero-order valence-electron chi connectivity index (χ0n) is 11.1. The number of rotatable bonds is 2. The third kappa shape index (κ3) is 2.39. The van der Waals surface area contributed by atoms with Crippen molar-refractivity contribution in [3.05, 3.63) is 65.2 Å². The van der Waals surface area contributed by atoms with Crippen molar-refractivity contribution in [2.75, 3.05) is 11.4 Å². The summed E-state index contributed by atoms with van der Waals surface area (Å²) in [4.78, 5) is 13.7. The van der Waals surface area contributed by atoms with Crippen LogP contribution in [-0.2, 0) is 13.0 Å². The first-order valence-corrected chi connectivity index (χ1v) is 6.67. The number of carbonyl (C=O) groups excluding carboxylic acids is 1. The minimum atomic E-state index is 0.121. The van der Waals surface area contributed by atoms with Gasteiger partial charge in [-0.3, -0.25) is 4.79 Å². The second-order valence-corrected chi connectivity index (χ2v) is 5.04. The highest BCUT2D eigenvalue weighted by atomic mass is 16.1. The smallest absolute Gasteiger partial charge is 0.159 e. The zero-order valence-corrected chi connectivity index (χ0v) is 11.1. The van der Waals surface area contributed by atoms with Crippen LogP contribution in [0.2, 0.25) is 0 Å². The second kappa shape index (κ2) is 4.88. The molecule has 96 valence electrons. The van der Waals surface area contributed by atoms with Crippen LogP contribution >= 0.6 is 0 Å². The van der Waals surface area contributed by atoms with Gasteiger partial charge >= 0.3 is 0 Å². The summed E-state index contributed by atoms with van der Waals surface area (Å²) in [6, 6.07) is 16.5. The van der Waals surface area contributed by atoms with Crippen molar-refractivity contribution in [1.29, 1.82) is 0 Å². The fraction of sp³-hybridized carbons (Fsp3) is 0.235. The molecule has 2 aromatic carbocycles. The van der Waals surface area contributed by atoms with Gasteiger partial charge in [0.25, 0.3) is 0 Å². The molecular formula is C17H17NO. The molecule has 2 nitrogen and oxygen atoms in total. The Morgan fingerprint density at radius 1 is 1.00 bits per heavy atom. The fourth-order valence-corrected chi connectivity index (χ4v) is 2.62. The van der Waals surface area contributed by atoms with Gasteiger partial charge in [-0.1, -0.05) is 24.3 Å². The van der Waals surface area contributed by atoms with Crippen LogP contribution in [0, 0.1) is 0 Å². The molecule has 0 N–H and O–H groups in total. The van der Waals surface area contributed by atoms with Crippen LogP contribution in [0.25, 0.3) is 0 Å². The summed E-state index contributed by atoms with van der Waals surface area (Å²) < 4.78 is 0. The van der Waals surface area contributed by atoms with E-state index in [-0.39, 0.29) is 5.78 Å². The number of hydrogen-bond donors (Lipinski definition) is 0. The molecule has 0 unspecified atom stereocenters. The highest BCUT2D eigenvalue weighted by Gasteiger charge is 2.15. The Morgan fingerprint density at radius 3 is 2.37 bits per heavy atom. The van der Waals surface area contributed by atoms with E-state index >= 15 is 0 Å². The summed E-state index contributed by atoms with van der Waals surface area (Å²) in [5.41, 5.74) is 4.84. The van der Waals surface area contributed by atoms with Gasteiger partial charge in [-0.15, -0.1) is 0 Å². The largest absolute Gasteiger partial charge is 0.367 e. The van der Waals surface area contributed by atoms with Crippen LogP contribution in [0.4, 0.5) is 5.69 Å². The highest BCUT2D eigenvalue weighted by Crippen LogP contribution is 2.24. The summed E-state index contributed by atoms with van der Waals surface area (Å²) in [5, 5.41) is 0. The minimum absolute atomic E-state index is 0.121. The molecule has 2 aromatic rings. The molecule has 0 aliphatic carbocycles. The predicted octanol–water partition coefficient (Wildman–Crippen LogP) is 3.45. The molecule has 0 fully saturated rings. The van der Waals surface area contributed by atoms with Crippen molar-refractivity contribution in [2.24, 2.45) is 0 Å². The second-order valence-electron chi connectivity index (χ2n) is 5.04. The predicted molar refractivity (Wildman–Crippen MR) is 77.6 cm³/mol. The van der Waals surface area contributed by atoms with Gasteiger partial charge in [0.05, 0.1) is 0 Å². The Hall–Kier alpha value is -2.09. The van der Waals surface area contributed by atoms with E-state index in [0.29, 0.717) is 0 Å². The van der Waals surface area contributed by atoms with Gasteiger partial charge in [-0.05, 0) is 48.7 Å². The molecule has 1 aliphatic rings. The van der Waals surface area contributed by atoms with Crippen LogP contribution in [0.5, 0.6) is 0 Å². The number of ketones is 1. The van der Waals surface area contributed by atoms with Crippen molar-refractivity contribution >= 4 is 11.5 Å². The molecule has 0 saturated carbocycles.